The molecule has 1 aromatic rings. The Morgan fingerprint density at radius 2 is 1.79 bits per heavy atom. The van der Waals surface area contributed by atoms with Crippen LogP contribution < -0.4 is 10.2 Å². The van der Waals surface area contributed by atoms with Gasteiger partial charge in [0, 0.05) is 44.8 Å². The number of hydrogen-bond donors (Lipinski definition) is 1. The Kier molecular flexibility index (Phi) is 5.81. The maximum Gasteiger partial charge on any atom is 0.259 e. The quantitative estimate of drug-likeness (QED) is 0.655. The van der Waals surface area contributed by atoms with Crippen LogP contribution in [0.25, 0.3) is 0 Å². The van der Waals surface area contributed by atoms with Gasteiger partial charge in [0.25, 0.3) is 11.8 Å². The van der Waals surface area contributed by atoms with E-state index in [0.29, 0.717) is 23.5 Å². The monoisotopic (exact) mass is 463 g/mol. The molecule has 5 heteroatoms. The predicted octanol–water partition coefficient (Wildman–Crippen LogP) is 4.77. The van der Waals surface area contributed by atoms with Crippen molar-refractivity contribution in [2.45, 2.75) is 71.4 Å². The Morgan fingerprint density at radius 3 is 2.50 bits per heavy atom. The van der Waals surface area contributed by atoms with Gasteiger partial charge in [0.1, 0.15) is 5.57 Å². The fourth-order valence-electron chi connectivity index (χ4n) is 8.23. The number of amides is 2. The van der Waals surface area contributed by atoms with E-state index in [1.54, 1.807) is 0 Å². The van der Waals surface area contributed by atoms with Crippen LogP contribution >= 0.6 is 0 Å². The van der Waals surface area contributed by atoms with Crippen LogP contribution in [0.4, 0.5) is 5.69 Å². The number of carbonyl (C=O) groups is 2. The second-order valence-electron chi connectivity index (χ2n) is 12.1. The molecule has 1 unspecified atom stereocenters. The first-order valence-electron chi connectivity index (χ1n) is 13.2. The van der Waals surface area contributed by atoms with Crippen molar-refractivity contribution in [2.75, 3.05) is 26.0 Å². The van der Waals surface area contributed by atoms with Gasteiger partial charge in [-0.3, -0.25) is 9.59 Å². The zero-order valence-corrected chi connectivity index (χ0v) is 21.6. The fourth-order valence-corrected chi connectivity index (χ4v) is 8.23. The number of nitrogens with zero attached hydrogens (tertiary/aromatic N) is 2. The molecule has 2 amide bonds. The summed E-state index contributed by atoms with van der Waals surface area (Å²) < 4.78 is 0. The molecule has 1 aromatic carbocycles. The van der Waals surface area contributed by atoms with Crippen molar-refractivity contribution in [3.63, 3.8) is 0 Å². The van der Waals surface area contributed by atoms with Gasteiger partial charge in [0.05, 0.1) is 0 Å². The van der Waals surface area contributed by atoms with E-state index in [0.717, 1.165) is 29.5 Å². The maximum absolute atomic E-state index is 13.3. The lowest BCUT2D eigenvalue weighted by Crippen LogP contribution is -2.61. The minimum Gasteiger partial charge on any atom is -0.378 e. The number of nitrogens with one attached hydrogen (secondary N) is 1. The number of fused-ring (bicyclic) bond motifs is 5. The Hall–Kier alpha value is -2.30. The highest BCUT2D eigenvalue weighted by Crippen LogP contribution is 2.64. The van der Waals surface area contributed by atoms with E-state index in [2.05, 4.69) is 30.1 Å². The lowest BCUT2D eigenvalue weighted by molar-refractivity contribution is -0.141. The molecule has 184 valence electrons. The molecule has 6 atom stereocenters. The average Bonchev–Trinajstić information content (AvgIpc) is 3.22. The van der Waals surface area contributed by atoms with Crippen molar-refractivity contribution in [2.24, 2.45) is 28.6 Å². The summed E-state index contributed by atoms with van der Waals surface area (Å²) >= 11 is 0. The van der Waals surface area contributed by atoms with Gasteiger partial charge in [-0.25, -0.2) is 0 Å². The van der Waals surface area contributed by atoms with Crippen molar-refractivity contribution >= 4 is 17.5 Å². The Bertz CT molecular complexity index is 999. The van der Waals surface area contributed by atoms with Gasteiger partial charge in [-0.15, -0.1) is 0 Å². The first-order valence-corrected chi connectivity index (χ1v) is 13.2. The second-order valence-corrected chi connectivity index (χ2v) is 12.1. The summed E-state index contributed by atoms with van der Waals surface area (Å²) in [5, 5.41) is 3.03. The van der Waals surface area contributed by atoms with E-state index in [1.165, 1.54) is 38.5 Å². The Morgan fingerprint density at radius 1 is 1.06 bits per heavy atom. The van der Waals surface area contributed by atoms with E-state index in [1.807, 2.05) is 50.3 Å². The summed E-state index contributed by atoms with van der Waals surface area (Å²) in [5.74, 6) is 1.72. The number of likely N-dealkylation sites (N-methyl/N-ethyl adjacent to an activating group) is 1. The summed E-state index contributed by atoms with van der Waals surface area (Å²) in [4.78, 5) is 30.5. The number of benzene rings is 1. The third-order valence-electron chi connectivity index (χ3n) is 10.1. The van der Waals surface area contributed by atoms with Crippen molar-refractivity contribution in [1.29, 1.82) is 0 Å². The van der Waals surface area contributed by atoms with Gasteiger partial charge in [-0.1, -0.05) is 38.5 Å². The van der Waals surface area contributed by atoms with Crippen molar-refractivity contribution in [3.8, 4) is 0 Å². The average molecular weight is 464 g/mol. The topological polar surface area (TPSA) is 52.7 Å². The van der Waals surface area contributed by atoms with E-state index < -0.39 is 0 Å². The van der Waals surface area contributed by atoms with Gasteiger partial charge in [0.15, 0.2) is 0 Å². The number of hydrogen-bond acceptors (Lipinski definition) is 3. The second kappa shape index (κ2) is 8.42. The van der Waals surface area contributed by atoms with E-state index in [4.69, 9.17) is 0 Å². The van der Waals surface area contributed by atoms with Crippen LogP contribution in [-0.2, 0) is 16.1 Å². The van der Waals surface area contributed by atoms with Crippen LogP contribution in [0, 0.1) is 28.6 Å². The number of rotatable bonds is 4. The molecule has 1 N–H and O–H groups in total. The molecule has 0 bridgehead atoms. The van der Waals surface area contributed by atoms with Crippen molar-refractivity contribution in [3.05, 3.63) is 41.5 Å². The normalized spacial score (nSPS) is 36.8. The van der Waals surface area contributed by atoms with Gasteiger partial charge in [0.2, 0.25) is 0 Å². The molecule has 0 saturated heterocycles. The molecule has 1 aliphatic heterocycles. The molecule has 4 aliphatic rings. The summed E-state index contributed by atoms with van der Waals surface area (Å²) in [6.45, 7) is 5.28. The van der Waals surface area contributed by atoms with Gasteiger partial charge >= 0.3 is 0 Å². The molecule has 34 heavy (non-hydrogen) atoms. The lowest BCUT2D eigenvalue weighted by atomic mass is 9.48. The van der Waals surface area contributed by atoms with Crippen LogP contribution in [0.1, 0.15) is 64.4 Å². The predicted molar refractivity (Wildman–Crippen MR) is 136 cm³/mol. The largest absolute Gasteiger partial charge is 0.378 e. The van der Waals surface area contributed by atoms with E-state index in [-0.39, 0.29) is 23.3 Å². The van der Waals surface area contributed by atoms with Gasteiger partial charge in [-0.2, -0.15) is 0 Å². The van der Waals surface area contributed by atoms with Crippen molar-refractivity contribution < 1.29 is 9.59 Å². The molecule has 3 fully saturated rings. The molecule has 3 aliphatic carbocycles. The molecule has 1 heterocycles. The van der Waals surface area contributed by atoms with Gasteiger partial charge < -0.3 is 15.1 Å². The molecule has 0 aromatic heterocycles. The molecular weight excluding hydrogens is 422 g/mol. The Balaban J connectivity index is 1.37. The lowest BCUT2D eigenvalue weighted by Gasteiger charge is -2.60. The van der Waals surface area contributed by atoms with Crippen LogP contribution in [0.2, 0.25) is 0 Å². The molecule has 5 nitrogen and oxygen atoms in total. The van der Waals surface area contributed by atoms with E-state index in [9.17, 15) is 9.59 Å². The maximum atomic E-state index is 13.3. The highest BCUT2D eigenvalue weighted by Gasteiger charge is 2.59. The smallest absolute Gasteiger partial charge is 0.259 e. The van der Waals surface area contributed by atoms with Crippen LogP contribution in [-0.4, -0.2) is 43.9 Å². The molecule has 0 radical (unpaired) electrons. The first kappa shape index (κ1) is 23.4. The zero-order chi connectivity index (χ0) is 24.3. The molecule has 0 spiro atoms. The van der Waals surface area contributed by atoms with Gasteiger partial charge in [-0.05, 0) is 79.4 Å². The minimum atomic E-state index is -0.239. The standard InChI is InChI=1S/C29H41N3O2/c1-28-15-6-7-23(28)21-12-13-25-29(2,24(21)14-16-28)17-22(27(34)32(25)5)26(33)30-18-19-8-10-20(11-9-19)31(3)4/h8-11,17,21,23-25H,6-7,12-16,18H2,1-5H3,(H,30,33)/t21-,23-,24+,25?,28-,29+/m0/s1. The summed E-state index contributed by atoms with van der Waals surface area (Å²) in [5.41, 5.74) is 2.87. The highest BCUT2D eigenvalue weighted by molar-refractivity contribution is 6.19. The van der Waals surface area contributed by atoms with Crippen LogP contribution in [0.3, 0.4) is 0 Å². The molecule has 3 saturated carbocycles. The zero-order valence-electron chi connectivity index (χ0n) is 21.6. The SMILES string of the molecule is CN(C)c1ccc(CNC(=O)C2=C[C@@]3(C)C(CC[C@@H]4[C@H]3CC[C@]3(C)CCC[C@@H]43)N(C)C2=O)cc1. The highest BCUT2D eigenvalue weighted by atomic mass is 16.2. The summed E-state index contributed by atoms with van der Waals surface area (Å²) in [7, 11) is 5.93. The fraction of sp³-hybridized carbons (Fsp3) is 0.655. The third-order valence-corrected chi connectivity index (χ3v) is 10.1. The number of anilines is 1. The Labute approximate surface area is 205 Å². The molecule has 5 rings (SSSR count). The first-order chi connectivity index (χ1) is 16.1. The van der Waals surface area contributed by atoms with Crippen LogP contribution in [0.15, 0.2) is 35.9 Å². The van der Waals surface area contributed by atoms with Crippen LogP contribution in [0.5, 0.6) is 0 Å². The number of carbonyl (C=O) groups excluding carboxylic acids is 2. The summed E-state index contributed by atoms with van der Waals surface area (Å²) in [6, 6.07) is 8.36. The third kappa shape index (κ3) is 3.67. The molecular formula is C29H41N3O2. The summed E-state index contributed by atoms with van der Waals surface area (Å²) in [6.07, 6.45) is 11.0. The van der Waals surface area contributed by atoms with E-state index >= 15 is 0 Å². The minimum absolute atomic E-state index is 0.122. The van der Waals surface area contributed by atoms with Crippen molar-refractivity contribution in [1.82, 2.24) is 10.2 Å².